The van der Waals surface area contributed by atoms with Crippen LogP contribution in [0.5, 0.6) is 0 Å². The van der Waals surface area contributed by atoms with Crippen LogP contribution in [-0.4, -0.2) is 30.7 Å². The molecule has 22 heavy (non-hydrogen) atoms. The zero-order valence-electron chi connectivity index (χ0n) is 12.6. The van der Waals surface area contributed by atoms with Gasteiger partial charge in [0.2, 0.25) is 0 Å². The molecule has 1 aliphatic rings. The standard InChI is InChI=1S/C17H20FNO3/c1-3-14(18)16-15(10-7-11-21-16)19(2)17(20)22-12-13-8-5-4-6-9-13/h3-6,8-9,15H,1,7,10-12H2,2H3/b16-14-. The summed E-state index contributed by atoms with van der Waals surface area (Å²) in [5, 5.41) is 0. The summed E-state index contributed by atoms with van der Waals surface area (Å²) in [6.45, 7) is 4.03. The number of ether oxygens (including phenoxy) is 2. The van der Waals surface area contributed by atoms with Gasteiger partial charge in [0.25, 0.3) is 0 Å². The number of carbonyl (C=O) groups is 1. The van der Waals surface area contributed by atoms with Gasteiger partial charge in [0.1, 0.15) is 6.61 Å². The fourth-order valence-corrected chi connectivity index (χ4v) is 2.33. The Morgan fingerprint density at radius 1 is 1.50 bits per heavy atom. The van der Waals surface area contributed by atoms with E-state index >= 15 is 0 Å². The van der Waals surface area contributed by atoms with Gasteiger partial charge in [0.05, 0.1) is 12.6 Å². The lowest BCUT2D eigenvalue weighted by atomic mass is 10.1. The van der Waals surface area contributed by atoms with Crippen LogP contribution in [0.2, 0.25) is 0 Å². The van der Waals surface area contributed by atoms with Gasteiger partial charge >= 0.3 is 6.09 Å². The average molecular weight is 305 g/mol. The number of carbonyl (C=O) groups excluding carboxylic acids is 1. The monoisotopic (exact) mass is 305 g/mol. The Morgan fingerprint density at radius 2 is 2.23 bits per heavy atom. The highest BCUT2D eigenvalue weighted by Gasteiger charge is 2.30. The Balaban J connectivity index is 2.01. The van der Waals surface area contributed by atoms with Crippen LogP contribution in [0.15, 0.2) is 54.6 Å². The Morgan fingerprint density at radius 3 is 2.91 bits per heavy atom. The predicted molar refractivity (Wildman–Crippen MR) is 81.7 cm³/mol. The third-order valence-electron chi connectivity index (χ3n) is 3.56. The quantitative estimate of drug-likeness (QED) is 0.849. The van der Waals surface area contributed by atoms with Crippen LogP contribution in [-0.2, 0) is 16.1 Å². The number of hydrogen-bond acceptors (Lipinski definition) is 3. The van der Waals surface area contributed by atoms with Crippen LogP contribution in [0, 0.1) is 0 Å². The first kappa shape index (κ1) is 16.1. The molecular weight excluding hydrogens is 285 g/mol. The highest BCUT2D eigenvalue weighted by molar-refractivity contribution is 5.68. The second kappa shape index (κ2) is 7.64. The molecular formula is C17H20FNO3. The summed E-state index contributed by atoms with van der Waals surface area (Å²) >= 11 is 0. The van der Waals surface area contributed by atoms with Crippen LogP contribution < -0.4 is 0 Å². The molecule has 0 spiro atoms. The van der Waals surface area contributed by atoms with E-state index in [1.54, 1.807) is 7.05 Å². The zero-order chi connectivity index (χ0) is 15.9. The first-order valence-corrected chi connectivity index (χ1v) is 7.22. The lowest BCUT2D eigenvalue weighted by molar-refractivity contribution is 0.0576. The number of hydrogen-bond donors (Lipinski definition) is 0. The molecule has 1 amide bonds. The van der Waals surface area contributed by atoms with Gasteiger partial charge in [0, 0.05) is 7.05 Å². The van der Waals surface area contributed by atoms with Gasteiger partial charge in [-0.3, -0.25) is 0 Å². The summed E-state index contributed by atoms with van der Waals surface area (Å²) in [5.74, 6) is -0.382. The van der Waals surface area contributed by atoms with Crippen LogP contribution in [0.3, 0.4) is 0 Å². The van der Waals surface area contributed by atoms with Gasteiger partial charge in [-0.2, -0.15) is 0 Å². The van der Waals surface area contributed by atoms with Crippen LogP contribution in [0.1, 0.15) is 18.4 Å². The molecule has 5 heteroatoms. The predicted octanol–water partition coefficient (Wildman–Crippen LogP) is 3.80. The second-order valence-corrected chi connectivity index (χ2v) is 5.07. The second-order valence-electron chi connectivity index (χ2n) is 5.07. The molecule has 118 valence electrons. The third kappa shape index (κ3) is 3.87. The van der Waals surface area contributed by atoms with Crippen molar-refractivity contribution in [3.05, 3.63) is 60.1 Å². The van der Waals surface area contributed by atoms with Gasteiger partial charge in [-0.1, -0.05) is 36.9 Å². The van der Waals surface area contributed by atoms with E-state index in [2.05, 4.69) is 6.58 Å². The van der Waals surface area contributed by atoms with E-state index < -0.39 is 18.0 Å². The first-order chi connectivity index (χ1) is 10.6. The van der Waals surface area contributed by atoms with Crippen molar-refractivity contribution in [2.75, 3.05) is 13.7 Å². The number of rotatable bonds is 4. The maximum Gasteiger partial charge on any atom is 0.410 e. The number of benzene rings is 1. The minimum absolute atomic E-state index is 0.153. The normalized spacial score (nSPS) is 19.8. The zero-order valence-corrected chi connectivity index (χ0v) is 12.6. The molecule has 1 saturated heterocycles. The molecule has 4 nitrogen and oxygen atoms in total. The smallest absolute Gasteiger partial charge is 0.410 e. The molecule has 2 rings (SSSR count). The van der Waals surface area contributed by atoms with Gasteiger partial charge in [-0.15, -0.1) is 0 Å². The Bertz CT molecular complexity index is 556. The maximum absolute atomic E-state index is 13.8. The molecule has 1 fully saturated rings. The molecule has 0 aromatic heterocycles. The lowest BCUT2D eigenvalue weighted by Gasteiger charge is -2.32. The minimum atomic E-state index is -0.535. The summed E-state index contributed by atoms with van der Waals surface area (Å²) in [6.07, 6.45) is 1.98. The average Bonchev–Trinajstić information content (AvgIpc) is 2.59. The van der Waals surface area contributed by atoms with Crippen molar-refractivity contribution in [3.8, 4) is 0 Å². The molecule has 1 heterocycles. The van der Waals surface area contributed by atoms with Crippen molar-refractivity contribution in [1.82, 2.24) is 4.90 Å². The van der Waals surface area contributed by atoms with E-state index in [9.17, 15) is 9.18 Å². The number of amides is 1. The van der Waals surface area contributed by atoms with E-state index in [4.69, 9.17) is 9.47 Å². The van der Waals surface area contributed by atoms with Crippen molar-refractivity contribution in [2.24, 2.45) is 0 Å². The van der Waals surface area contributed by atoms with E-state index in [-0.39, 0.29) is 12.4 Å². The van der Waals surface area contributed by atoms with Crippen LogP contribution >= 0.6 is 0 Å². The minimum Gasteiger partial charge on any atom is -0.493 e. The van der Waals surface area contributed by atoms with E-state index in [0.717, 1.165) is 18.1 Å². The number of likely N-dealkylation sites (N-methyl/N-ethyl adjacent to an activating group) is 1. The summed E-state index contributed by atoms with van der Waals surface area (Å²) in [5.41, 5.74) is 0.900. The molecule has 0 saturated carbocycles. The first-order valence-electron chi connectivity index (χ1n) is 7.22. The molecule has 0 N–H and O–H groups in total. The van der Waals surface area contributed by atoms with Gasteiger partial charge in [-0.25, -0.2) is 9.18 Å². The van der Waals surface area contributed by atoms with E-state index in [1.165, 1.54) is 4.90 Å². The molecule has 1 aliphatic heterocycles. The van der Waals surface area contributed by atoms with Crippen LogP contribution in [0.25, 0.3) is 0 Å². The third-order valence-corrected chi connectivity index (χ3v) is 3.56. The molecule has 1 aromatic carbocycles. The number of nitrogens with zero attached hydrogens (tertiary/aromatic N) is 1. The van der Waals surface area contributed by atoms with Crippen molar-refractivity contribution < 1.29 is 18.7 Å². The van der Waals surface area contributed by atoms with E-state index in [1.807, 2.05) is 30.3 Å². The molecule has 0 bridgehead atoms. The summed E-state index contributed by atoms with van der Waals surface area (Å²) in [7, 11) is 1.59. The maximum atomic E-state index is 13.8. The van der Waals surface area contributed by atoms with Crippen molar-refractivity contribution in [2.45, 2.75) is 25.5 Å². The molecule has 0 aliphatic carbocycles. The van der Waals surface area contributed by atoms with Crippen molar-refractivity contribution in [3.63, 3.8) is 0 Å². The largest absolute Gasteiger partial charge is 0.493 e. The SMILES string of the molecule is C=C/C(F)=C1/OCCCC1N(C)C(=O)OCc1ccccc1. The summed E-state index contributed by atoms with van der Waals surface area (Å²) in [4.78, 5) is 13.5. The van der Waals surface area contributed by atoms with Crippen molar-refractivity contribution in [1.29, 1.82) is 0 Å². The molecule has 1 aromatic rings. The fourth-order valence-electron chi connectivity index (χ4n) is 2.33. The number of halogens is 1. The van der Waals surface area contributed by atoms with E-state index in [0.29, 0.717) is 13.0 Å². The highest BCUT2D eigenvalue weighted by atomic mass is 19.1. The van der Waals surface area contributed by atoms with Gasteiger partial charge in [-0.05, 0) is 24.5 Å². The molecule has 1 unspecified atom stereocenters. The lowest BCUT2D eigenvalue weighted by Crippen LogP contribution is -2.41. The van der Waals surface area contributed by atoms with Crippen molar-refractivity contribution >= 4 is 6.09 Å². The Labute approximate surface area is 129 Å². The summed E-state index contributed by atoms with van der Waals surface area (Å²) in [6, 6.07) is 8.94. The van der Waals surface area contributed by atoms with Gasteiger partial charge < -0.3 is 14.4 Å². The Hall–Kier alpha value is -2.30. The summed E-state index contributed by atoms with van der Waals surface area (Å²) < 4.78 is 24.4. The number of allylic oxidation sites excluding steroid dienone is 2. The Kier molecular flexibility index (Phi) is 5.58. The molecule has 0 radical (unpaired) electrons. The molecule has 1 atom stereocenters. The van der Waals surface area contributed by atoms with Gasteiger partial charge in [0.15, 0.2) is 11.6 Å². The topological polar surface area (TPSA) is 38.8 Å². The fraction of sp³-hybridized carbons (Fsp3) is 0.353. The highest BCUT2D eigenvalue weighted by Crippen LogP contribution is 2.26. The van der Waals surface area contributed by atoms with Crippen LogP contribution in [0.4, 0.5) is 9.18 Å².